The number of benzene rings is 1. The summed E-state index contributed by atoms with van der Waals surface area (Å²) in [5.41, 5.74) is 3.97. The van der Waals surface area contributed by atoms with Crippen LogP contribution in [0.4, 0.5) is 0 Å². The fourth-order valence-electron chi connectivity index (χ4n) is 3.87. The number of rotatable bonds is 4. The van der Waals surface area contributed by atoms with E-state index in [0.29, 0.717) is 19.6 Å². The van der Waals surface area contributed by atoms with Gasteiger partial charge in [-0.3, -0.25) is 14.5 Å². The lowest BCUT2D eigenvalue weighted by atomic mass is 10.1. The average Bonchev–Trinajstić information content (AvgIpc) is 2.94. The van der Waals surface area contributed by atoms with Gasteiger partial charge in [-0.25, -0.2) is 4.98 Å². The van der Waals surface area contributed by atoms with E-state index < -0.39 is 0 Å². The molecule has 27 heavy (non-hydrogen) atoms. The van der Waals surface area contributed by atoms with Crippen LogP contribution < -0.4 is 0 Å². The molecule has 4 rings (SSSR count). The lowest BCUT2D eigenvalue weighted by Crippen LogP contribution is -2.61. The Hall–Kier alpha value is -2.25. The van der Waals surface area contributed by atoms with Crippen LogP contribution in [0.25, 0.3) is 0 Å². The van der Waals surface area contributed by atoms with E-state index in [1.54, 1.807) is 21.1 Å². The Bertz CT molecular complexity index is 822. The number of carbonyl (C=O) groups is 2. The molecule has 2 saturated heterocycles. The highest BCUT2D eigenvalue weighted by molar-refractivity contribution is 7.09. The van der Waals surface area contributed by atoms with Crippen molar-refractivity contribution in [1.82, 2.24) is 19.7 Å². The van der Waals surface area contributed by atoms with Gasteiger partial charge in [0.2, 0.25) is 11.8 Å². The van der Waals surface area contributed by atoms with Gasteiger partial charge < -0.3 is 9.80 Å². The van der Waals surface area contributed by atoms with Crippen LogP contribution in [0.2, 0.25) is 0 Å². The summed E-state index contributed by atoms with van der Waals surface area (Å²) in [6.45, 7) is 5.62. The van der Waals surface area contributed by atoms with Crippen molar-refractivity contribution in [2.75, 3.05) is 26.2 Å². The normalized spacial score (nSPS) is 21.3. The molecule has 0 radical (unpaired) electrons. The molecule has 0 saturated carbocycles. The summed E-state index contributed by atoms with van der Waals surface area (Å²) in [5, 5.41) is 0. The van der Waals surface area contributed by atoms with Crippen LogP contribution in [0.15, 0.2) is 35.8 Å². The third-order valence-electron chi connectivity index (χ3n) is 5.35. The van der Waals surface area contributed by atoms with Crippen LogP contribution in [0.3, 0.4) is 0 Å². The van der Waals surface area contributed by atoms with Gasteiger partial charge in [-0.05, 0) is 18.9 Å². The smallest absolute Gasteiger partial charge is 0.247 e. The lowest BCUT2D eigenvalue weighted by molar-refractivity contribution is -0.156. The first-order valence-corrected chi connectivity index (χ1v) is 10.2. The number of amides is 2. The number of thiazole rings is 1. The number of piperazine rings is 1. The summed E-state index contributed by atoms with van der Waals surface area (Å²) in [6, 6.07) is 9.49. The van der Waals surface area contributed by atoms with E-state index in [9.17, 15) is 9.59 Å². The summed E-state index contributed by atoms with van der Waals surface area (Å²) < 4.78 is 0. The molecule has 2 aliphatic heterocycles. The first-order chi connectivity index (χ1) is 13.1. The van der Waals surface area contributed by atoms with E-state index in [4.69, 9.17) is 0 Å². The number of aryl methyl sites for hydroxylation is 1. The minimum absolute atomic E-state index is 0.0614. The average molecular weight is 385 g/mol. The highest BCUT2D eigenvalue weighted by Gasteiger charge is 2.41. The monoisotopic (exact) mass is 384 g/mol. The van der Waals surface area contributed by atoms with E-state index in [2.05, 4.69) is 9.88 Å². The number of nitrogens with zero attached hydrogens (tertiary/aromatic N) is 4. The zero-order valence-corrected chi connectivity index (χ0v) is 16.3. The van der Waals surface area contributed by atoms with Crippen LogP contribution in [0, 0.1) is 6.92 Å². The number of carbonyl (C=O) groups excluding carboxylic acids is 2. The summed E-state index contributed by atoms with van der Waals surface area (Å²) in [6.07, 6.45) is 0.895. The van der Waals surface area contributed by atoms with Crippen LogP contribution >= 0.6 is 11.3 Å². The van der Waals surface area contributed by atoms with Crippen molar-refractivity contribution in [2.45, 2.75) is 32.5 Å². The molecule has 3 heterocycles. The molecular weight excluding hydrogens is 360 g/mol. The molecule has 0 N–H and O–H groups in total. The van der Waals surface area contributed by atoms with Gasteiger partial charge in [0.1, 0.15) is 12.6 Å². The van der Waals surface area contributed by atoms with E-state index in [-0.39, 0.29) is 24.4 Å². The standard InChI is InChI=1S/C20H24N4O2S/c1-15-18(27-14-21-15)12-22-8-5-9-24-17(11-22)20(26)23(13-19(24)25)10-16-6-3-2-4-7-16/h2-4,6-7,14,17H,5,8-13H2,1H3. The highest BCUT2D eigenvalue weighted by atomic mass is 32.1. The molecule has 1 unspecified atom stereocenters. The molecule has 2 aromatic rings. The largest absolute Gasteiger partial charge is 0.328 e. The molecule has 1 aromatic heterocycles. The Morgan fingerprint density at radius 1 is 1.15 bits per heavy atom. The van der Waals surface area contributed by atoms with E-state index >= 15 is 0 Å². The molecule has 2 fully saturated rings. The van der Waals surface area contributed by atoms with Crippen molar-refractivity contribution in [2.24, 2.45) is 0 Å². The third-order valence-corrected chi connectivity index (χ3v) is 6.27. The summed E-state index contributed by atoms with van der Waals surface area (Å²) in [4.78, 5) is 37.2. The van der Waals surface area contributed by atoms with Crippen LogP contribution in [-0.2, 0) is 22.7 Å². The molecule has 7 heteroatoms. The molecule has 6 nitrogen and oxygen atoms in total. The zero-order chi connectivity index (χ0) is 18.8. The number of aromatic nitrogens is 1. The second kappa shape index (κ2) is 7.78. The Morgan fingerprint density at radius 3 is 2.70 bits per heavy atom. The van der Waals surface area contributed by atoms with Gasteiger partial charge in [0.15, 0.2) is 0 Å². The van der Waals surface area contributed by atoms with Crippen LogP contribution in [0.5, 0.6) is 0 Å². The minimum Gasteiger partial charge on any atom is -0.328 e. The molecule has 142 valence electrons. The maximum atomic E-state index is 13.2. The maximum Gasteiger partial charge on any atom is 0.247 e. The molecule has 2 amide bonds. The minimum atomic E-state index is -0.384. The van der Waals surface area contributed by atoms with Gasteiger partial charge in [-0.2, -0.15) is 0 Å². The molecule has 0 aliphatic carbocycles. The third kappa shape index (κ3) is 3.89. The predicted octanol–water partition coefficient (Wildman–Crippen LogP) is 1.90. The van der Waals surface area contributed by atoms with Crippen molar-refractivity contribution in [1.29, 1.82) is 0 Å². The fourth-order valence-corrected chi connectivity index (χ4v) is 4.69. The molecule has 0 bridgehead atoms. The predicted molar refractivity (Wildman–Crippen MR) is 104 cm³/mol. The number of fused-ring (bicyclic) bond motifs is 1. The fraction of sp³-hybridized carbons (Fsp3) is 0.450. The first-order valence-electron chi connectivity index (χ1n) is 9.35. The Labute approximate surface area is 163 Å². The molecule has 1 aromatic carbocycles. The van der Waals surface area contributed by atoms with Crippen molar-refractivity contribution in [3.8, 4) is 0 Å². The molecule has 2 aliphatic rings. The molecule has 1 atom stereocenters. The van der Waals surface area contributed by atoms with E-state index in [0.717, 1.165) is 30.8 Å². The van der Waals surface area contributed by atoms with E-state index in [1.807, 2.05) is 42.8 Å². The van der Waals surface area contributed by atoms with Gasteiger partial charge in [0, 0.05) is 37.6 Å². The SMILES string of the molecule is Cc1ncsc1CN1CCCN2C(=O)CN(Cc3ccccc3)C(=O)C2C1. The van der Waals surface area contributed by atoms with Crippen molar-refractivity contribution >= 4 is 23.2 Å². The second-order valence-electron chi connectivity index (χ2n) is 7.23. The van der Waals surface area contributed by atoms with Crippen molar-refractivity contribution < 1.29 is 9.59 Å². The van der Waals surface area contributed by atoms with Gasteiger partial charge in [0.05, 0.1) is 11.2 Å². The number of hydrogen-bond acceptors (Lipinski definition) is 5. The molecule has 0 spiro atoms. The van der Waals surface area contributed by atoms with E-state index in [1.165, 1.54) is 4.88 Å². The Kier molecular flexibility index (Phi) is 5.22. The van der Waals surface area contributed by atoms with Gasteiger partial charge in [0.25, 0.3) is 0 Å². The topological polar surface area (TPSA) is 56.8 Å². The summed E-state index contributed by atoms with van der Waals surface area (Å²) in [5.74, 6) is 0.123. The summed E-state index contributed by atoms with van der Waals surface area (Å²) in [7, 11) is 0. The van der Waals surface area contributed by atoms with Crippen molar-refractivity contribution in [3.05, 3.63) is 52.0 Å². The van der Waals surface area contributed by atoms with Crippen molar-refractivity contribution in [3.63, 3.8) is 0 Å². The van der Waals surface area contributed by atoms with Gasteiger partial charge in [-0.1, -0.05) is 30.3 Å². The first kappa shape index (κ1) is 18.1. The zero-order valence-electron chi connectivity index (χ0n) is 15.5. The summed E-state index contributed by atoms with van der Waals surface area (Å²) >= 11 is 1.65. The van der Waals surface area contributed by atoms with Gasteiger partial charge >= 0.3 is 0 Å². The Balaban J connectivity index is 1.50. The van der Waals surface area contributed by atoms with Crippen LogP contribution in [-0.4, -0.2) is 63.7 Å². The second-order valence-corrected chi connectivity index (χ2v) is 8.17. The lowest BCUT2D eigenvalue weighted by Gasteiger charge is -2.40. The highest BCUT2D eigenvalue weighted by Crippen LogP contribution is 2.22. The maximum absolute atomic E-state index is 13.2. The molecular formula is C20H24N4O2S. The Morgan fingerprint density at radius 2 is 1.96 bits per heavy atom. The number of hydrogen-bond donors (Lipinski definition) is 0. The van der Waals surface area contributed by atoms with Crippen LogP contribution in [0.1, 0.15) is 22.6 Å². The van der Waals surface area contributed by atoms with Gasteiger partial charge in [-0.15, -0.1) is 11.3 Å². The quantitative estimate of drug-likeness (QED) is 0.808.